The average molecular weight is 197 g/mol. The largest absolute Gasteiger partial charge is 0.317 e. The molecule has 0 aromatic rings. The number of hydrogen-bond acceptors (Lipinski definition) is 2. The van der Waals surface area contributed by atoms with Gasteiger partial charge in [0.15, 0.2) is 0 Å². The lowest BCUT2D eigenvalue weighted by atomic mass is 9.94. The maximum absolute atomic E-state index is 11.8. The Balaban J connectivity index is 2.20. The van der Waals surface area contributed by atoms with Gasteiger partial charge in [-0.1, -0.05) is 32.6 Å². The zero-order valence-corrected chi connectivity index (χ0v) is 9.35. The van der Waals surface area contributed by atoms with E-state index in [2.05, 4.69) is 12.2 Å². The van der Waals surface area contributed by atoms with Gasteiger partial charge in [-0.25, -0.2) is 0 Å². The van der Waals surface area contributed by atoms with Gasteiger partial charge in [-0.2, -0.15) is 0 Å². The molecule has 0 aliphatic heterocycles. The second-order valence-electron chi connectivity index (χ2n) is 4.26. The fourth-order valence-corrected chi connectivity index (χ4v) is 2.19. The average Bonchev–Trinajstić information content (AvgIpc) is 2.46. The van der Waals surface area contributed by atoms with E-state index >= 15 is 0 Å². The Morgan fingerprint density at radius 2 is 1.86 bits per heavy atom. The first-order chi connectivity index (χ1) is 6.84. The van der Waals surface area contributed by atoms with Crippen LogP contribution in [0.2, 0.25) is 0 Å². The van der Waals surface area contributed by atoms with E-state index in [1.165, 1.54) is 25.7 Å². The molecular weight excluding hydrogens is 174 g/mol. The Kier molecular flexibility index (Phi) is 5.85. The minimum absolute atomic E-state index is 0.385. The van der Waals surface area contributed by atoms with Gasteiger partial charge in [0.25, 0.3) is 0 Å². The fraction of sp³-hybridized carbons (Fsp3) is 0.917. The molecule has 1 rings (SSSR count). The second kappa shape index (κ2) is 6.99. The molecule has 0 aromatic carbocycles. The summed E-state index contributed by atoms with van der Waals surface area (Å²) < 4.78 is 0. The third kappa shape index (κ3) is 4.23. The topological polar surface area (TPSA) is 29.1 Å². The summed E-state index contributed by atoms with van der Waals surface area (Å²) in [7, 11) is 0. The number of carbonyl (C=O) groups excluding carboxylic acids is 1. The molecule has 2 heteroatoms. The lowest BCUT2D eigenvalue weighted by molar-refractivity contribution is -0.123. The summed E-state index contributed by atoms with van der Waals surface area (Å²) in [6.07, 6.45) is 8.21. The summed E-state index contributed by atoms with van der Waals surface area (Å²) in [6, 6.07) is 0. The van der Waals surface area contributed by atoms with E-state index in [-0.39, 0.29) is 0 Å². The number of hydrogen-bond donors (Lipinski definition) is 1. The Hall–Kier alpha value is -0.370. The molecular formula is C12H23NO. The summed E-state index contributed by atoms with van der Waals surface area (Å²) >= 11 is 0. The Labute approximate surface area is 87.5 Å². The van der Waals surface area contributed by atoms with Crippen molar-refractivity contribution < 1.29 is 4.79 Å². The van der Waals surface area contributed by atoms with E-state index in [0.29, 0.717) is 11.7 Å². The summed E-state index contributed by atoms with van der Waals surface area (Å²) in [4.78, 5) is 11.8. The maximum Gasteiger partial charge on any atom is 0.137 e. The van der Waals surface area contributed by atoms with Gasteiger partial charge in [-0.05, 0) is 19.4 Å². The zero-order chi connectivity index (χ0) is 10.2. The lowest BCUT2D eigenvalue weighted by Crippen LogP contribution is -2.21. The minimum Gasteiger partial charge on any atom is -0.317 e. The van der Waals surface area contributed by atoms with Crippen molar-refractivity contribution in [3.05, 3.63) is 0 Å². The van der Waals surface area contributed by atoms with Crippen LogP contribution in [-0.2, 0) is 4.79 Å². The van der Waals surface area contributed by atoms with Gasteiger partial charge in [-0.3, -0.25) is 4.79 Å². The number of rotatable bonds is 5. The Morgan fingerprint density at radius 3 is 2.43 bits per heavy atom. The van der Waals surface area contributed by atoms with E-state index in [1.807, 2.05) is 0 Å². The third-order valence-corrected chi connectivity index (χ3v) is 3.11. The van der Waals surface area contributed by atoms with Crippen molar-refractivity contribution in [3.63, 3.8) is 0 Å². The van der Waals surface area contributed by atoms with Crippen LogP contribution < -0.4 is 5.32 Å². The van der Waals surface area contributed by atoms with Crippen molar-refractivity contribution in [2.45, 2.75) is 51.9 Å². The van der Waals surface area contributed by atoms with Crippen LogP contribution in [0.3, 0.4) is 0 Å². The van der Waals surface area contributed by atoms with Gasteiger partial charge < -0.3 is 5.32 Å². The summed E-state index contributed by atoms with van der Waals surface area (Å²) in [5.41, 5.74) is 0. The third-order valence-electron chi connectivity index (χ3n) is 3.11. The highest BCUT2D eigenvalue weighted by Crippen LogP contribution is 2.24. The number of ketones is 1. The van der Waals surface area contributed by atoms with Crippen LogP contribution >= 0.6 is 0 Å². The van der Waals surface area contributed by atoms with Crippen molar-refractivity contribution >= 4 is 5.78 Å². The predicted octanol–water partition coefficient (Wildman–Crippen LogP) is 2.53. The molecule has 0 unspecified atom stereocenters. The highest BCUT2D eigenvalue weighted by molar-refractivity contribution is 5.81. The molecule has 0 radical (unpaired) electrons. The first kappa shape index (κ1) is 11.7. The SMILES string of the molecule is CCNCCC(=O)C1CCCCCC1. The first-order valence-corrected chi connectivity index (χ1v) is 6.08. The fourth-order valence-electron chi connectivity index (χ4n) is 2.19. The van der Waals surface area contributed by atoms with Gasteiger partial charge in [0.1, 0.15) is 5.78 Å². The van der Waals surface area contributed by atoms with Crippen LogP contribution in [-0.4, -0.2) is 18.9 Å². The molecule has 0 saturated heterocycles. The van der Waals surface area contributed by atoms with Crippen molar-refractivity contribution in [2.24, 2.45) is 5.92 Å². The summed E-state index contributed by atoms with van der Waals surface area (Å²) in [5, 5.41) is 3.21. The van der Waals surface area contributed by atoms with Gasteiger partial charge in [0.05, 0.1) is 0 Å². The number of Topliss-reactive ketones (excluding diaryl/α,β-unsaturated/α-hetero) is 1. The molecule has 0 bridgehead atoms. The van der Waals surface area contributed by atoms with Crippen molar-refractivity contribution in [3.8, 4) is 0 Å². The van der Waals surface area contributed by atoms with Crippen molar-refractivity contribution in [1.82, 2.24) is 5.32 Å². The monoisotopic (exact) mass is 197 g/mol. The summed E-state index contributed by atoms with van der Waals surface area (Å²) in [5.74, 6) is 0.879. The van der Waals surface area contributed by atoms with E-state index < -0.39 is 0 Å². The molecule has 1 aliphatic rings. The smallest absolute Gasteiger partial charge is 0.137 e. The molecule has 0 spiro atoms. The number of carbonyl (C=O) groups is 1. The molecule has 14 heavy (non-hydrogen) atoms. The second-order valence-corrected chi connectivity index (χ2v) is 4.26. The zero-order valence-electron chi connectivity index (χ0n) is 9.35. The molecule has 0 amide bonds. The van der Waals surface area contributed by atoms with Crippen LogP contribution in [0.25, 0.3) is 0 Å². The van der Waals surface area contributed by atoms with Crippen LogP contribution in [0, 0.1) is 5.92 Å². The van der Waals surface area contributed by atoms with Gasteiger partial charge in [0, 0.05) is 18.9 Å². The lowest BCUT2D eigenvalue weighted by Gasteiger charge is -2.12. The number of nitrogens with one attached hydrogen (secondary N) is 1. The van der Waals surface area contributed by atoms with Crippen molar-refractivity contribution in [1.29, 1.82) is 0 Å². The highest BCUT2D eigenvalue weighted by Gasteiger charge is 2.18. The Bertz CT molecular complexity index is 160. The molecule has 0 atom stereocenters. The molecule has 1 N–H and O–H groups in total. The van der Waals surface area contributed by atoms with Gasteiger partial charge in [-0.15, -0.1) is 0 Å². The molecule has 1 aliphatic carbocycles. The molecule has 1 saturated carbocycles. The minimum atomic E-state index is 0.385. The van der Waals surface area contributed by atoms with E-state index in [0.717, 1.165) is 32.4 Å². The van der Waals surface area contributed by atoms with E-state index in [1.54, 1.807) is 0 Å². The highest BCUT2D eigenvalue weighted by atomic mass is 16.1. The maximum atomic E-state index is 11.8. The van der Waals surface area contributed by atoms with Crippen LogP contribution in [0.15, 0.2) is 0 Å². The first-order valence-electron chi connectivity index (χ1n) is 6.08. The molecule has 1 fully saturated rings. The Morgan fingerprint density at radius 1 is 1.21 bits per heavy atom. The molecule has 2 nitrogen and oxygen atoms in total. The van der Waals surface area contributed by atoms with Crippen molar-refractivity contribution in [2.75, 3.05) is 13.1 Å². The van der Waals surface area contributed by atoms with E-state index in [4.69, 9.17) is 0 Å². The van der Waals surface area contributed by atoms with Gasteiger partial charge >= 0.3 is 0 Å². The van der Waals surface area contributed by atoms with Crippen LogP contribution in [0.5, 0.6) is 0 Å². The normalized spacial score (nSPS) is 19.2. The van der Waals surface area contributed by atoms with Crippen LogP contribution in [0.1, 0.15) is 51.9 Å². The standard InChI is InChI=1S/C12H23NO/c1-2-13-10-9-12(14)11-7-5-3-4-6-8-11/h11,13H,2-10H2,1H3. The molecule has 0 heterocycles. The summed E-state index contributed by atoms with van der Waals surface area (Å²) in [6.45, 7) is 3.92. The predicted molar refractivity (Wildman–Crippen MR) is 59.4 cm³/mol. The van der Waals surface area contributed by atoms with Gasteiger partial charge in [0.2, 0.25) is 0 Å². The quantitative estimate of drug-likeness (QED) is 0.542. The molecule has 0 aromatic heterocycles. The van der Waals surface area contributed by atoms with Crippen LogP contribution in [0.4, 0.5) is 0 Å². The van der Waals surface area contributed by atoms with E-state index in [9.17, 15) is 4.79 Å². The molecule has 82 valence electrons.